The standard InChI is InChI=1S/C23H19NO2/c1-24-17-9-16-21(24)23(26)22(25)20(19-13-6-3-7-14-19)15-8-12-18-10-4-2-5-11-18/h2-7,9-11,13-17,22,25H,1H3/b20-15+. The van der Waals surface area contributed by atoms with E-state index >= 15 is 0 Å². The molecule has 1 N–H and O–H groups in total. The lowest BCUT2D eigenvalue weighted by molar-refractivity contribution is 0.0824. The Morgan fingerprint density at radius 3 is 2.27 bits per heavy atom. The Morgan fingerprint density at radius 2 is 1.65 bits per heavy atom. The molecule has 0 spiro atoms. The fourth-order valence-corrected chi connectivity index (χ4v) is 2.67. The molecule has 3 nitrogen and oxygen atoms in total. The van der Waals surface area contributed by atoms with Gasteiger partial charge in [0.1, 0.15) is 6.10 Å². The summed E-state index contributed by atoms with van der Waals surface area (Å²) in [6.45, 7) is 0. The molecule has 0 saturated carbocycles. The van der Waals surface area contributed by atoms with Gasteiger partial charge in [-0.15, -0.1) is 0 Å². The molecule has 0 amide bonds. The zero-order valence-corrected chi connectivity index (χ0v) is 14.5. The minimum absolute atomic E-state index is 0.353. The molecular weight excluding hydrogens is 322 g/mol. The second-order valence-electron chi connectivity index (χ2n) is 5.87. The van der Waals surface area contributed by atoms with Crippen LogP contribution in [0.25, 0.3) is 5.57 Å². The summed E-state index contributed by atoms with van der Waals surface area (Å²) in [7, 11) is 1.78. The molecule has 1 atom stereocenters. The van der Waals surface area contributed by atoms with Crippen LogP contribution in [0.2, 0.25) is 0 Å². The predicted octanol–water partition coefficient (Wildman–Crippen LogP) is 3.70. The normalized spacial score (nSPS) is 12.2. The highest BCUT2D eigenvalue weighted by Gasteiger charge is 2.24. The predicted molar refractivity (Wildman–Crippen MR) is 103 cm³/mol. The van der Waals surface area contributed by atoms with E-state index in [1.165, 1.54) is 0 Å². The Bertz CT molecular complexity index is 973. The molecule has 2 aromatic carbocycles. The van der Waals surface area contributed by atoms with Crippen molar-refractivity contribution in [2.45, 2.75) is 6.10 Å². The zero-order valence-electron chi connectivity index (χ0n) is 14.5. The van der Waals surface area contributed by atoms with Gasteiger partial charge < -0.3 is 9.67 Å². The summed E-state index contributed by atoms with van der Waals surface area (Å²) in [4.78, 5) is 12.7. The zero-order chi connectivity index (χ0) is 18.4. The summed E-state index contributed by atoms with van der Waals surface area (Å²) < 4.78 is 1.70. The molecule has 3 heteroatoms. The third-order valence-corrected chi connectivity index (χ3v) is 4.06. The number of allylic oxidation sites excluding steroid dienone is 1. The molecule has 1 unspecified atom stereocenters. The van der Waals surface area contributed by atoms with Crippen LogP contribution in [0.1, 0.15) is 21.6 Å². The minimum Gasteiger partial charge on any atom is -0.380 e. The number of hydrogen-bond donors (Lipinski definition) is 1. The van der Waals surface area contributed by atoms with E-state index in [4.69, 9.17) is 0 Å². The summed E-state index contributed by atoms with van der Waals surface area (Å²) >= 11 is 0. The van der Waals surface area contributed by atoms with Crippen LogP contribution in [-0.4, -0.2) is 21.6 Å². The molecule has 0 saturated heterocycles. The number of nitrogens with zero attached hydrogens (tertiary/aromatic N) is 1. The van der Waals surface area contributed by atoms with Crippen LogP contribution in [0, 0.1) is 11.8 Å². The maximum atomic E-state index is 12.7. The van der Waals surface area contributed by atoms with Gasteiger partial charge in [0.15, 0.2) is 0 Å². The van der Waals surface area contributed by atoms with Crippen LogP contribution < -0.4 is 0 Å². The average Bonchev–Trinajstić information content (AvgIpc) is 3.11. The van der Waals surface area contributed by atoms with Gasteiger partial charge in [0.25, 0.3) is 0 Å². The van der Waals surface area contributed by atoms with Crippen LogP contribution in [-0.2, 0) is 7.05 Å². The van der Waals surface area contributed by atoms with Gasteiger partial charge in [-0.2, -0.15) is 0 Å². The van der Waals surface area contributed by atoms with E-state index in [2.05, 4.69) is 11.8 Å². The highest BCUT2D eigenvalue weighted by Crippen LogP contribution is 2.21. The second-order valence-corrected chi connectivity index (χ2v) is 5.87. The monoisotopic (exact) mass is 341 g/mol. The minimum atomic E-state index is -1.28. The molecule has 0 radical (unpaired) electrons. The van der Waals surface area contributed by atoms with Gasteiger partial charge in [-0.05, 0) is 35.9 Å². The molecule has 3 aromatic rings. The van der Waals surface area contributed by atoms with Gasteiger partial charge in [-0.1, -0.05) is 60.4 Å². The van der Waals surface area contributed by atoms with E-state index in [0.717, 1.165) is 11.1 Å². The topological polar surface area (TPSA) is 42.2 Å². The first-order valence-corrected chi connectivity index (χ1v) is 8.32. The number of Topliss-reactive ketones (excluding diaryl/α,β-unsaturated/α-hetero) is 1. The number of aliphatic hydroxyl groups excluding tert-OH is 1. The van der Waals surface area contributed by atoms with E-state index in [1.54, 1.807) is 36.0 Å². The summed E-state index contributed by atoms with van der Waals surface area (Å²) in [5, 5.41) is 10.7. The lowest BCUT2D eigenvalue weighted by atomic mass is 9.96. The lowest BCUT2D eigenvalue weighted by Crippen LogP contribution is -2.24. The molecule has 3 rings (SSSR count). The van der Waals surface area contributed by atoms with Gasteiger partial charge in [-0.3, -0.25) is 4.79 Å². The van der Waals surface area contributed by atoms with Crippen molar-refractivity contribution in [3.05, 3.63) is 102 Å². The summed E-state index contributed by atoms with van der Waals surface area (Å²) in [6, 6.07) is 22.4. The van der Waals surface area contributed by atoms with E-state index in [9.17, 15) is 9.90 Å². The number of aromatic nitrogens is 1. The van der Waals surface area contributed by atoms with Crippen molar-refractivity contribution < 1.29 is 9.90 Å². The third kappa shape index (κ3) is 4.00. The number of carbonyl (C=O) groups excluding carboxylic acids is 1. The second kappa shape index (κ2) is 8.15. The van der Waals surface area contributed by atoms with Gasteiger partial charge in [-0.25, -0.2) is 0 Å². The van der Waals surface area contributed by atoms with Crippen molar-refractivity contribution in [2.75, 3.05) is 0 Å². The highest BCUT2D eigenvalue weighted by atomic mass is 16.3. The van der Waals surface area contributed by atoms with E-state index in [0.29, 0.717) is 11.3 Å². The van der Waals surface area contributed by atoms with Crippen molar-refractivity contribution >= 4 is 11.4 Å². The van der Waals surface area contributed by atoms with E-state index in [1.807, 2.05) is 60.7 Å². The van der Waals surface area contributed by atoms with Crippen LogP contribution in [0.15, 0.2) is 85.1 Å². The Kier molecular flexibility index (Phi) is 5.48. The molecule has 0 aliphatic heterocycles. The number of benzene rings is 2. The SMILES string of the molecule is Cn1cccc1C(=O)C(O)/C(=C/C#Cc1ccccc1)c1ccccc1. The van der Waals surface area contributed by atoms with Crippen molar-refractivity contribution in [1.82, 2.24) is 4.57 Å². The first kappa shape index (κ1) is 17.5. The Morgan fingerprint density at radius 1 is 1.00 bits per heavy atom. The van der Waals surface area contributed by atoms with Crippen molar-refractivity contribution in [1.29, 1.82) is 0 Å². The van der Waals surface area contributed by atoms with Crippen molar-refractivity contribution in [2.24, 2.45) is 7.05 Å². The van der Waals surface area contributed by atoms with Gasteiger partial charge in [0.05, 0.1) is 5.69 Å². The average molecular weight is 341 g/mol. The van der Waals surface area contributed by atoms with E-state index in [-0.39, 0.29) is 5.78 Å². The number of hydrogen-bond acceptors (Lipinski definition) is 2. The molecule has 0 bridgehead atoms. The summed E-state index contributed by atoms with van der Waals surface area (Å²) in [5.41, 5.74) is 2.58. The highest BCUT2D eigenvalue weighted by molar-refractivity contribution is 6.06. The fraction of sp³-hybridized carbons (Fsp3) is 0.0870. The molecule has 0 aliphatic rings. The summed E-state index contributed by atoms with van der Waals surface area (Å²) in [5.74, 6) is 5.64. The van der Waals surface area contributed by atoms with Crippen LogP contribution in [0.4, 0.5) is 0 Å². The number of rotatable bonds is 4. The fourth-order valence-electron chi connectivity index (χ4n) is 2.67. The molecular formula is C23H19NO2. The molecule has 1 heterocycles. The first-order chi connectivity index (χ1) is 12.7. The Labute approximate surface area is 153 Å². The smallest absolute Gasteiger partial charge is 0.212 e. The maximum absolute atomic E-state index is 12.7. The van der Waals surface area contributed by atoms with Gasteiger partial charge >= 0.3 is 0 Å². The molecule has 0 aliphatic carbocycles. The Balaban J connectivity index is 1.96. The maximum Gasteiger partial charge on any atom is 0.212 e. The van der Waals surface area contributed by atoms with Crippen molar-refractivity contribution in [3.63, 3.8) is 0 Å². The first-order valence-electron chi connectivity index (χ1n) is 8.32. The number of carbonyl (C=O) groups is 1. The Hall–Kier alpha value is -3.35. The van der Waals surface area contributed by atoms with Crippen molar-refractivity contribution in [3.8, 4) is 11.8 Å². The van der Waals surface area contributed by atoms with Gasteiger partial charge in [0, 0.05) is 24.4 Å². The van der Waals surface area contributed by atoms with Crippen LogP contribution in [0.3, 0.4) is 0 Å². The lowest BCUT2D eigenvalue weighted by Gasteiger charge is -2.14. The van der Waals surface area contributed by atoms with E-state index < -0.39 is 6.10 Å². The number of aliphatic hydroxyl groups is 1. The van der Waals surface area contributed by atoms with Crippen LogP contribution in [0.5, 0.6) is 0 Å². The molecule has 128 valence electrons. The quantitative estimate of drug-likeness (QED) is 0.581. The largest absolute Gasteiger partial charge is 0.380 e. The molecule has 26 heavy (non-hydrogen) atoms. The van der Waals surface area contributed by atoms with Crippen LogP contribution >= 0.6 is 0 Å². The van der Waals surface area contributed by atoms with Gasteiger partial charge in [0.2, 0.25) is 5.78 Å². The third-order valence-electron chi connectivity index (χ3n) is 4.06. The molecule has 1 aromatic heterocycles. The number of ketones is 1. The summed E-state index contributed by atoms with van der Waals surface area (Å²) in [6.07, 6.45) is 2.12. The number of aryl methyl sites for hydroxylation is 1. The molecule has 0 fully saturated rings.